The van der Waals surface area contributed by atoms with E-state index < -0.39 is 4.92 Å². The van der Waals surface area contributed by atoms with E-state index in [0.29, 0.717) is 12.1 Å². The van der Waals surface area contributed by atoms with Crippen LogP contribution in [0.2, 0.25) is 0 Å². The number of rotatable bonds is 3. The molecule has 0 unspecified atom stereocenters. The lowest BCUT2D eigenvalue weighted by molar-refractivity contribution is -0.384. The lowest BCUT2D eigenvalue weighted by Gasteiger charge is -2.05. The van der Waals surface area contributed by atoms with E-state index in [1.165, 1.54) is 18.2 Å². The number of aromatic hydroxyl groups is 1. The normalized spacial score (nSPS) is 25.6. The predicted molar refractivity (Wildman–Crippen MR) is 63.8 cm³/mol. The van der Waals surface area contributed by atoms with E-state index in [9.17, 15) is 15.2 Å². The number of nitro benzene ring substituents is 1. The fourth-order valence-electron chi connectivity index (χ4n) is 2.71. The Morgan fingerprint density at radius 1 is 1.53 bits per heavy atom. The monoisotopic (exact) mass is 236 g/mol. The molecule has 0 saturated heterocycles. The zero-order chi connectivity index (χ0) is 12.8. The lowest BCUT2D eigenvalue weighted by Crippen LogP contribution is -2.05. The molecule has 5 nitrogen and oxygen atoms in total. The summed E-state index contributed by atoms with van der Waals surface area (Å²) in [4.78, 5) is 10.3. The second-order valence-corrected chi connectivity index (χ2v) is 5.14. The first kappa shape index (κ1) is 11.9. The van der Waals surface area contributed by atoms with Crippen molar-refractivity contribution < 1.29 is 10.0 Å². The van der Waals surface area contributed by atoms with Crippen LogP contribution in [0.25, 0.3) is 0 Å². The Morgan fingerprint density at radius 2 is 2.18 bits per heavy atom. The summed E-state index contributed by atoms with van der Waals surface area (Å²) in [5, 5.41) is 20.5. The quantitative estimate of drug-likeness (QED) is 0.620. The molecule has 92 valence electrons. The Balaban J connectivity index is 2.40. The molecule has 1 fully saturated rings. The van der Waals surface area contributed by atoms with E-state index in [0.717, 1.165) is 0 Å². The number of phenolic OH excluding ortho intramolecular Hbond substituents is 1. The van der Waals surface area contributed by atoms with Crippen LogP contribution in [0.1, 0.15) is 25.3 Å². The molecule has 0 aliphatic heterocycles. The Hall–Kier alpha value is -1.62. The molecule has 0 bridgehead atoms. The van der Waals surface area contributed by atoms with Crippen molar-refractivity contribution >= 4 is 5.69 Å². The average Bonchev–Trinajstić information content (AvgIpc) is 2.80. The van der Waals surface area contributed by atoms with Gasteiger partial charge in [-0.25, -0.2) is 0 Å². The van der Waals surface area contributed by atoms with E-state index in [4.69, 9.17) is 5.73 Å². The summed E-state index contributed by atoms with van der Waals surface area (Å²) in [6.07, 6.45) is 0. The first-order valence-corrected chi connectivity index (χ1v) is 5.57. The van der Waals surface area contributed by atoms with Crippen LogP contribution < -0.4 is 5.73 Å². The van der Waals surface area contributed by atoms with Crippen molar-refractivity contribution in [3.05, 3.63) is 33.9 Å². The van der Waals surface area contributed by atoms with Gasteiger partial charge in [-0.15, -0.1) is 0 Å². The molecule has 17 heavy (non-hydrogen) atoms. The van der Waals surface area contributed by atoms with Gasteiger partial charge in [0.25, 0.3) is 5.69 Å². The molecule has 0 aromatic heterocycles. The molecule has 1 aliphatic rings. The van der Waals surface area contributed by atoms with Crippen LogP contribution in [0.4, 0.5) is 5.69 Å². The van der Waals surface area contributed by atoms with Crippen LogP contribution in [0, 0.1) is 21.4 Å². The van der Waals surface area contributed by atoms with Gasteiger partial charge in [-0.05, 0) is 29.9 Å². The van der Waals surface area contributed by atoms with E-state index in [1.807, 2.05) is 0 Å². The number of nitrogens with zero attached hydrogens (tertiary/aromatic N) is 1. The standard InChI is InChI=1S/C12H16N2O3/c1-12(2)9(6-13)11(12)8-5-7(14(16)17)3-4-10(8)15/h3-5,9,11,15H,6,13H2,1-2H3/t9-,11-/m0/s1. The van der Waals surface area contributed by atoms with Gasteiger partial charge < -0.3 is 10.8 Å². The minimum absolute atomic E-state index is 0.00144. The summed E-state index contributed by atoms with van der Waals surface area (Å²) >= 11 is 0. The molecule has 0 radical (unpaired) electrons. The number of benzene rings is 1. The third-order valence-corrected chi connectivity index (χ3v) is 3.86. The first-order valence-electron chi connectivity index (χ1n) is 5.57. The summed E-state index contributed by atoms with van der Waals surface area (Å²) in [7, 11) is 0. The van der Waals surface area contributed by atoms with Crippen molar-refractivity contribution in [2.75, 3.05) is 6.54 Å². The number of nitro groups is 1. The molecule has 2 atom stereocenters. The maximum absolute atomic E-state index is 10.7. The number of nitrogens with two attached hydrogens (primary N) is 1. The van der Waals surface area contributed by atoms with Crippen LogP contribution in [-0.2, 0) is 0 Å². The number of hydrogen-bond acceptors (Lipinski definition) is 4. The highest BCUT2D eigenvalue weighted by Crippen LogP contribution is 2.65. The molecule has 1 aliphatic carbocycles. The molecular formula is C12H16N2O3. The maximum Gasteiger partial charge on any atom is 0.269 e. The van der Waals surface area contributed by atoms with Crippen molar-refractivity contribution in [2.45, 2.75) is 19.8 Å². The van der Waals surface area contributed by atoms with Gasteiger partial charge in [0.15, 0.2) is 0 Å². The molecular weight excluding hydrogens is 220 g/mol. The van der Waals surface area contributed by atoms with Gasteiger partial charge in [-0.2, -0.15) is 0 Å². The SMILES string of the molecule is CC1(C)[C@@H](CN)[C@@H]1c1cc([N+](=O)[O-])ccc1O. The number of phenols is 1. The van der Waals surface area contributed by atoms with Gasteiger partial charge in [0.1, 0.15) is 5.75 Å². The molecule has 2 rings (SSSR count). The van der Waals surface area contributed by atoms with Gasteiger partial charge in [0.05, 0.1) is 4.92 Å². The largest absolute Gasteiger partial charge is 0.508 e. The molecule has 1 aromatic carbocycles. The highest BCUT2D eigenvalue weighted by molar-refractivity contribution is 5.48. The molecule has 1 saturated carbocycles. The molecule has 5 heteroatoms. The fraction of sp³-hybridized carbons (Fsp3) is 0.500. The fourth-order valence-corrected chi connectivity index (χ4v) is 2.71. The van der Waals surface area contributed by atoms with Gasteiger partial charge in [0.2, 0.25) is 0 Å². The van der Waals surface area contributed by atoms with Crippen molar-refractivity contribution in [1.82, 2.24) is 0 Å². The molecule has 3 N–H and O–H groups in total. The second-order valence-electron chi connectivity index (χ2n) is 5.14. The molecule has 0 amide bonds. The topological polar surface area (TPSA) is 89.4 Å². The second kappa shape index (κ2) is 3.70. The van der Waals surface area contributed by atoms with E-state index in [1.54, 1.807) is 0 Å². The lowest BCUT2D eigenvalue weighted by atomic mass is 10.0. The third-order valence-electron chi connectivity index (χ3n) is 3.86. The van der Waals surface area contributed by atoms with Crippen molar-refractivity contribution in [2.24, 2.45) is 17.1 Å². The Morgan fingerprint density at radius 3 is 2.65 bits per heavy atom. The zero-order valence-corrected chi connectivity index (χ0v) is 9.88. The molecule has 0 spiro atoms. The van der Waals surface area contributed by atoms with Crippen LogP contribution >= 0.6 is 0 Å². The average molecular weight is 236 g/mol. The van der Waals surface area contributed by atoms with Crippen molar-refractivity contribution in [3.63, 3.8) is 0 Å². The highest BCUT2D eigenvalue weighted by atomic mass is 16.6. The number of hydrogen-bond donors (Lipinski definition) is 2. The van der Waals surface area contributed by atoms with E-state index in [-0.39, 0.29) is 28.7 Å². The summed E-state index contributed by atoms with van der Waals surface area (Å²) in [5.74, 6) is 0.493. The predicted octanol–water partition coefficient (Wildman–Crippen LogP) is 2.00. The van der Waals surface area contributed by atoms with Gasteiger partial charge in [-0.1, -0.05) is 13.8 Å². The van der Waals surface area contributed by atoms with E-state index in [2.05, 4.69) is 13.8 Å². The van der Waals surface area contributed by atoms with E-state index >= 15 is 0 Å². The summed E-state index contributed by atoms with van der Waals surface area (Å²) < 4.78 is 0. The van der Waals surface area contributed by atoms with Gasteiger partial charge in [0, 0.05) is 17.7 Å². The van der Waals surface area contributed by atoms with Gasteiger partial charge in [-0.3, -0.25) is 10.1 Å². The Labute approximate surface area is 99.4 Å². The van der Waals surface area contributed by atoms with Crippen molar-refractivity contribution in [1.29, 1.82) is 0 Å². The summed E-state index contributed by atoms with van der Waals surface area (Å²) in [6.45, 7) is 4.65. The molecule has 1 aromatic rings. The van der Waals surface area contributed by atoms with Crippen LogP contribution in [0.15, 0.2) is 18.2 Å². The minimum atomic E-state index is -0.449. The third kappa shape index (κ3) is 1.76. The highest BCUT2D eigenvalue weighted by Gasteiger charge is 2.58. The first-order chi connectivity index (χ1) is 7.89. The number of non-ortho nitro benzene ring substituents is 1. The van der Waals surface area contributed by atoms with Crippen LogP contribution in [-0.4, -0.2) is 16.6 Å². The maximum atomic E-state index is 10.7. The Kier molecular flexibility index (Phi) is 2.58. The summed E-state index contributed by atoms with van der Waals surface area (Å²) in [6, 6.07) is 4.15. The van der Waals surface area contributed by atoms with Crippen LogP contribution in [0.3, 0.4) is 0 Å². The molecule has 0 heterocycles. The zero-order valence-electron chi connectivity index (χ0n) is 9.88. The van der Waals surface area contributed by atoms with Crippen LogP contribution in [0.5, 0.6) is 5.75 Å². The minimum Gasteiger partial charge on any atom is -0.508 e. The Bertz CT molecular complexity index is 471. The van der Waals surface area contributed by atoms with Gasteiger partial charge >= 0.3 is 0 Å². The van der Waals surface area contributed by atoms with Crippen molar-refractivity contribution in [3.8, 4) is 5.75 Å². The smallest absolute Gasteiger partial charge is 0.269 e. The summed E-state index contributed by atoms with van der Waals surface area (Å²) in [5.41, 5.74) is 6.32.